The molecule has 0 atom stereocenters. The molecule has 1 heterocycles. The number of esters is 2. The molecule has 0 amide bonds. The third-order valence-corrected chi connectivity index (χ3v) is 3.28. The van der Waals surface area contributed by atoms with Gasteiger partial charge in [0.2, 0.25) is 0 Å². The van der Waals surface area contributed by atoms with E-state index in [1.165, 1.54) is 18.9 Å². The molecule has 0 unspecified atom stereocenters. The van der Waals surface area contributed by atoms with Gasteiger partial charge in [0.15, 0.2) is 0 Å². The fraction of sp³-hybridized carbons (Fsp3) is 0.632. The molecule has 0 aromatic carbocycles. The van der Waals surface area contributed by atoms with E-state index in [0.29, 0.717) is 13.2 Å². The second-order valence-corrected chi connectivity index (χ2v) is 7.09. The topological polar surface area (TPSA) is 65.5 Å². The van der Waals surface area contributed by atoms with E-state index in [4.69, 9.17) is 9.47 Å². The van der Waals surface area contributed by atoms with E-state index in [2.05, 4.69) is 11.9 Å². The molecule has 0 saturated heterocycles. The van der Waals surface area contributed by atoms with E-state index in [9.17, 15) is 9.59 Å². The molecule has 0 fully saturated rings. The molecular formula is C19H29NO4. The Morgan fingerprint density at radius 3 is 2.12 bits per heavy atom. The Kier molecular flexibility index (Phi) is 8.44. The number of pyridine rings is 1. The maximum atomic E-state index is 12.0. The zero-order chi connectivity index (χ0) is 18.0. The highest BCUT2D eigenvalue weighted by molar-refractivity contribution is 5.91. The highest BCUT2D eigenvalue weighted by Crippen LogP contribution is 2.14. The highest BCUT2D eigenvalue weighted by Gasteiger charge is 2.17. The van der Waals surface area contributed by atoms with E-state index in [0.717, 1.165) is 19.3 Å². The predicted octanol–water partition coefficient (Wildman–Crippen LogP) is 4.41. The summed E-state index contributed by atoms with van der Waals surface area (Å²) in [6, 6.07) is 4.69. The quantitative estimate of drug-likeness (QED) is 0.494. The standard InChI is InChI=1S/C19H29NO4/c1-5-6-7-8-9-13-23-17(21)15-11-10-12-16(20-15)18(22)24-14-19(2,3)4/h10-12H,5-9,13-14H2,1-4H3. The first kappa shape index (κ1) is 20.1. The largest absolute Gasteiger partial charge is 0.461 e. The van der Waals surface area contributed by atoms with Crippen molar-refractivity contribution in [1.82, 2.24) is 4.98 Å². The number of carbonyl (C=O) groups excluding carboxylic acids is 2. The fourth-order valence-corrected chi connectivity index (χ4v) is 1.96. The molecule has 1 aromatic heterocycles. The Labute approximate surface area is 144 Å². The van der Waals surface area contributed by atoms with Crippen molar-refractivity contribution < 1.29 is 19.1 Å². The first-order valence-electron chi connectivity index (χ1n) is 8.65. The summed E-state index contributed by atoms with van der Waals surface area (Å²) < 4.78 is 10.4. The number of unbranched alkanes of at least 4 members (excludes halogenated alkanes) is 4. The van der Waals surface area contributed by atoms with Gasteiger partial charge in [0.05, 0.1) is 13.2 Å². The normalized spacial score (nSPS) is 11.2. The zero-order valence-electron chi connectivity index (χ0n) is 15.3. The molecule has 5 heteroatoms. The van der Waals surface area contributed by atoms with Crippen LogP contribution in [0.15, 0.2) is 18.2 Å². The first-order chi connectivity index (χ1) is 11.3. The average Bonchev–Trinajstić information content (AvgIpc) is 2.55. The summed E-state index contributed by atoms with van der Waals surface area (Å²) in [5, 5.41) is 0. The second kappa shape index (κ2) is 10.1. The summed E-state index contributed by atoms with van der Waals surface area (Å²) in [5.74, 6) is -1.03. The van der Waals surface area contributed by atoms with Gasteiger partial charge in [-0.1, -0.05) is 59.4 Å². The van der Waals surface area contributed by atoms with E-state index >= 15 is 0 Å². The Morgan fingerprint density at radius 2 is 1.54 bits per heavy atom. The summed E-state index contributed by atoms with van der Waals surface area (Å²) in [7, 11) is 0. The van der Waals surface area contributed by atoms with Crippen molar-refractivity contribution in [3.63, 3.8) is 0 Å². The van der Waals surface area contributed by atoms with Crippen molar-refractivity contribution in [2.75, 3.05) is 13.2 Å². The summed E-state index contributed by atoms with van der Waals surface area (Å²) >= 11 is 0. The third-order valence-electron chi connectivity index (χ3n) is 3.28. The van der Waals surface area contributed by atoms with Gasteiger partial charge in [0.1, 0.15) is 11.4 Å². The number of hydrogen-bond acceptors (Lipinski definition) is 5. The lowest BCUT2D eigenvalue weighted by molar-refractivity contribution is 0.0359. The van der Waals surface area contributed by atoms with Crippen molar-refractivity contribution in [3.05, 3.63) is 29.6 Å². The van der Waals surface area contributed by atoms with Crippen LogP contribution >= 0.6 is 0 Å². The lowest BCUT2D eigenvalue weighted by Gasteiger charge is -2.17. The Bertz CT molecular complexity index is 534. The van der Waals surface area contributed by atoms with Crippen LogP contribution in [0.25, 0.3) is 0 Å². The summed E-state index contributed by atoms with van der Waals surface area (Å²) in [6.45, 7) is 8.75. The molecule has 0 aliphatic heterocycles. The smallest absolute Gasteiger partial charge is 0.356 e. The summed E-state index contributed by atoms with van der Waals surface area (Å²) in [6.07, 6.45) is 5.43. The van der Waals surface area contributed by atoms with Crippen LogP contribution in [0.1, 0.15) is 80.8 Å². The van der Waals surface area contributed by atoms with Crippen LogP contribution in [0.4, 0.5) is 0 Å². The number of hydrogen-bond donors (Lipinski definition) is 0. The number of ether oxygens (including phenoxy) is 2. The SMILES string of the molecule is CCCCCCCOC(=O)c1cccc(C(=O)OCC(C)(C)C)n1. The Balaban J connectivity index is 2.49. The Morgan fingerprint density at radius 1 is 0.958 bits per heavy atom. The van der Waals surface area contributed by atoms with Crippen molar-refractivity contribution in [2.45, 2.75) is 59.8 Å². The van der Waals surface area contributed by atoms with Gasteiger partial charge in [-0.15, -0.1) is 0 Å². The van der Waals surface area contributed by atoms with Crippen LogP contribution in [-0.4, -0.2) is 30.1 Å². The molecule has 0 aliphatic rings. The van der Waals surface area contributed by atoms with Gasteiger partial charge in [0, 0.05) is 0 Å². The number of rotatable bonds is 9. The molecule has 0 aliphatic carbocycles. The van der Waals surface area contributed by atoms with Crippen molar-refractivity contribution in [2.24, 2.45) is 5.41 Å². The van der Waals surface area contributed by atoms with Gasteiger partial charge in [-0.25, -0.2) is 14.6 Å². The maximum Gasteiger partial charge on any atom is 0.356 e. The molecule has 0 spiro atoms. The number of aromatic nitrogens is 1. The highest BCUT2D eigenvalue weighted by atomic mass is 16.5. The molecule has 1 aromatic rings. The zero-order valence-corrected chi connectivity index (χ0v) is 15.3. The lowest BCUT2D eigenvalue weighted by atomic mass is 9.99. The Hall–Kier alpha value is -1.91. The molecule has 24 heavy (non-hydrogen) atoms. The number of nitrogens with zero attached hydrogens (tertiary/aromatic N) is 1. The average molecular weight is 335 g/mol. The van der Waals surface area contributed by atoms with E-state index < -0.39 is 11.9 Å². The van der Waals surface area contributed by atoms with Gasteiger partial charge in [-0.3, -0.25) is 0 Å². The predicted molar refractivity (Wildman–Crippen MR) is 93.0 cm³/mol. The van der Waals surface area contributed by atoms with Crippen molar-refractivity contribution in [1.29, 1.82) is 0 Å². The van der Waals surface area contributed by atoms with E-state index in [1.54, 1.807) is 12.1 Å². The van der Waals surface area contributed by atoms with Gasteiger partial charge in [0.25, 0.3) is 0 Å². The summed E-state index contributed by atoms with van der Waals surface area (Å²) in [4.78, 5) is 28.0. The molecule has 5 nitrogen and oxygen atoms in total. The maximum absolute atomic E-state index is 12.0. The van der Waals surface area contributed by atoms with Gasteiger partial charge in [-0.2, -0.15) is 0 Å². The number of carbonyl (C=O) groups is 2. The minimum atomic E-state index is -0.529. The first-order valence-corrected chi connectivity index (χ1v) is 8.65. The molecule has 0 N–H and O–H groups in total. The third kappa shape index (κ3) is 8.09. The van der Waals surface area contributed by atoms with Crippen LogP contribution < -0.4 is 0 Å². The van der Waals surface area contributed by atoms with Crippen LogP contribution in [0, 0.1) is 5.41 Å². The van der Waals surface area contributed by atoms with Crippen LogP contribution in [0.2, 0.25) is 0 Å². The second-order valence-electron chi connectivity index (χ2n) is 7.09. The van der Waals surface area contributed by atoms with Crippen LogP contribution in [0.5, 0.6) is 0 Å². The monoisotopic (exact) mass is 335 g/mol. The van der Waals surface area contributed by atoms with Crippen LogP contribution in [-0.2, 0) is 9.47 Å². The van der Waals surface area contributed by atoms with E-state index in [-0.39, 0.29) is 16.8 Å². The fourth-order valence-electron chi connectivity index (χ4n) is 1.96. The van der Waals surface area contributed by atoms with Crippen LogP contribution in [0.3, 0.4) is 0 Å². The molecule has 0 saturated carbocycles. The van der Waals surface area contributed by atoms with E-state index in [1.807, 2.05) is 20.8 Å². The molecule has 134 valence electrons. The summed E-state index contributed by atoms with van der Waals surface area (Å²) in [5.41, 5.74) is 0.134. The van der Waals surface area contributed by atoms with Crippen molar-refractivity contribution >= 4 is 11.9 Å². The molecular weight excluding hydrogens is 306 g/mol. The minimum absolute atomic E-state index is 0.121. The van der Waals surface area contributed by atoms with Gasteiger partial charge >= 0.3 is 11.9 Å². The molecule has 1 rings (SSSR count). The minimum Gasteiger partial charge on any atom is -0.461 e. The lowest BCUT2D eigenvalue weighted by Crippen LogP contribution is -2.19. The van der Waals surface area contributed by atoms with Gasteiger partial charge < -0.3 is 9.47 Å². The van der Waals surface area contributed by atoms with Crippen molar-refractivity contribution in [3.8, 4) is 0 Å². The van der Waals surface area contributed by atoms with Gasteiger partial charge in [-0.05, 0) is 24.0 Å². The molecule has 0 radical (unpaired) electrons. The molecule has 0 bridgehead atoms.